The molecule has 0 aliphatic carbocycles. The van der Waals surface area contributed by atoms with Crippen LogP contribution in [-0.2, 0) is 9.53 Å². The molecule has 2 aromatic carbocycles. The number of fused-ring (bicyclic) bond motifs is 1. The fourth-order valence-electron chi connectivity index (χ4n) is 5.18. The first-order chi connectivity index (χ1) is 14.9. The van der Waals surface area contributed by atoms with E-state index in [1.54, 1.807) is 0 Å². The zero-order valence-electron chi connectivity index (χ0n) is 18.1. The fraction of sp³-hybridized carbons (Fsp3) is 0.440. The average molecular weight is 420 g/mol. The lowest BCUT2D eigenvalue weighted by Crippen LogP contribution is -2.59. The second-order valence-corrected chi connectivity index (χ2v) is 9.31. The molecule has 2 saturated heterocycles. The van der Waals surface area contributed by atoms with E-state index in [4.69, 9.17) is 4.74 Å². The normalized spacial score (nSPS) is 25.1. The Morgan fingerprint density at radius 2 is 1.77 bits per heavy atom. The molecule has 6 heteroatoms. The lowest BCUT2D eigenvalue weighted by molar-refractivity contribution is -0.137. The average Bonchev–Trinajstić information content (AvgIpc) is 3.10. The molecule has 5 rings (SSSR count). The summed E-state index contributed by atoms with van der Waals surface area (Å²) < 4.78 is 6.31. The van der Waals surface area contributed by atoms with Gasteiger partial charge in [-0.2, -0.15) is 0 Å². The van der Waals surface area contributed by atoms with Crippen molar-refractivity contribution in [2.75, 3.05) is 25.0 Å². The van der Waals surface area contributed by atoms with Gasteiger partial charge in [-0.05, 0) is 44.4 Å². The van der Waals surface area contributed by atoms with Crippen LogP contribution in [0.4, 0.5) is 5.69 Å². The van der Waals surface area contributed by atoms with Crippen molar-refractivity contribution in [1.82, 2.24) is 10.2 Å². The van der Waals surface area contributed by atoms with Crippen molar-refractivity contribution in [3.05, 3.63) is 65.2 Å². The number of nitrogens with one attached hydrogen (secondary N) is 2. The third kappa shape index (κ3) is 3.59. The SMILES string of the molecule is Cc1ccc(C(C)C(=O)N2CCC3(CC2)CC2(CO3)NC(=O)c3ccccc3N2)cc1. The Hall–Kier alpha value is -2.86. The molecule has 2 N–H and O–H groups in total. The second-order valence-electron chi connectivity index (χ2n) is 9.31. The third-order valence-electron chi connectivity index (χ3n) is 7.08. The number of para-hydroxylation sites is 1. The van der Waals surface area contributed by atoms with E-state index in [0.717, 1.165) is 24.1 Å². The van der Waals surface area contributed by atoms with E-state index in [2.05, 4.69) is 29.7 Å². The van der Waals surface area contributed by atoms with Gasteiger partial charge in [0, 0.05) is 25.2 Å². The molecule has 2 aromatic rings. The number of rotatable bonds is 2. The van der Waals surface area contributed by atoms with Crippen molar-refractivity contribution >= 4 is 17.5 Å². The number of amides is 2. The van der Waals surface area contributed by atoms with Crippen LogP contribution in [-0.4, -0.2) is 47.7 Å². The molecule has 0 saturated carbocycles. The van der Waals surface area contributed by atoms with Gasteiger partial charge in [-0.3, -0.25) is 9.59 Å². The minimum Gasteiger partial charge on any atom is -0.370 e. The van der Waals surface area contributed by atoms with E-state index >= 15 is 0 Å². The number of carbonyl (C=O) groups excluding carboxylic acids is 2. The molecule has 3 aliphatic heterocycles. The quantitative estimate of drug-likeness (QED) is 0.782. The highest BCUT2D eigenvalue weighted by atomic mass is 16.5. The van der Waals surface area contributed by atoms with Crippen LogP contribution in [0.1, 0.15) is 53.6 Å². The molecule has 0 bridgehead atoms. The number of nitrogens with zero attached hydrogens (tertiary/aromatic N) is 1. The number of hydrogen-bond donors (Lipinski definition) is 2. The predicted octanol–water partition coefficient (Wildman–Crippen LogP) is 3.43. The molecule has 0 aromatic heterocycles. The van der Waals surface area contributed by atoms with Crippen LogP contribution in [0, 0.1) is 6.92 Å². The van der Waals surface area contributed by atoms with E-state index in [1.165, 1.54) is 5.56 Å². The molecule has 2 amide bonds. The maximum Gasteiger partial charge on any atom is 0.255 e. The number of piperidine rings is 1. The molecule has 6 nitrogen and oxygen atoms in total. The topological polar surface area (TPSA) is 70.7 Å². The molecule has 2 spiro atoms. The summed E-state index contributed by atoms with van der Waals surface area (Å²) >= 11 is 0. The van der Waals surface area contributed by atoms with Gasteiger partial charge in [0.15, 0.2) is 0 Å². The molecule has 2 fully saturated rings. The Labute approximate surface area is 183 Å². The first-order valence-corrected chi connectivity index (χ1v) is 11.1. The maximum absolute atomic E-state index is 13.1. The lowest BCUT2D eigenvalue weighted by Gasteiger charge is -2.41. The van der Waals surface area contributed by atoms with Crippen LogP contribution >= 0.6 is 0 Å². The van der Waals surface area contributed by atoms with Gasteiger partial charge in [0.1, 0.15) is 5.66 Å². The molecule has 162 valence electrons. The van der Waals surface area contributed by atoms with Gasteiger partial charge < -0.3 is 20.3 Å². The highest BCUT2D eigenvalue weighted by Gasteiger charge is 2.53. The first-order valence-electron chi connectivity index (χ1n) is 11.1. The standard InChI is InChI=1S/C25H29N3O3/c1-17-7-9-19(10-8-17)18(2)23(30)28-13-11-24(12-14-28)15-25(16-31-24)26-21-6-4-3-5-20(21)22(29)27-25/h3-10,18,26H,11-16H2,1-2H3,(H,27,29). The number of anilines is 1. The predicted molar refractivity (Wildman–Crippen MR) is 119 cm³/mol. The van der Waals surface area contributed by atoms with E-state index in [9.17, 15) is 9.59 Å². The molecule has 3 heterocycles. The highest BCUT2D eigenvalue weighted by molar-refractivity contribution is 6.02. The minimum atomic E-state index is -0.577. The van der Waals surface area contributed by atoms with Gasteiger partial charge in [0.25, 0.3) is 5.91 Å². The summed E-state index contributed by atoms with van der Waals surface area (Å²) in [4.78, 5) is 27.7. The Balaban J connectivity index is 1.24. The number of benzene rings is 2. The van der Waals surface area contributed by atoms with E-state index < -0.39 is 5.66 Å². The molecule has 2 unspecified atom stereocenters. The van der Waals surface area contributed by atoms with Crippen LogP contribution in [0.25, 0.3) is 0 Å². The number of ether oxygens (including phenoxy) is 1. The number of likely N-dealkylation sites (tertiary alicyclic amines) is 1. The minimum absolute atomic E-state index is 0.0606. The third-order valence-corrected chi connectivity index (χ3v) is 7.08. The van der Waals surface area contributed by atoms with E-state index in [0.29, 0.717) is 31.7 Å². The van der Waals surface area contributed by atoms with Crippen molar-refractivity contribution < 1.29 is 14.3 Å². The molecule has 3 aliphatic rings. The van der Waals surface area contributed by atoms with Crippen molar-refractivity contribution in [3.8, 4) is 0 Å². The molecular formula is C25H29N3O3. The smallest absolute Gasteiger partial charge is 0.255 e. The first kappa shape index (κ1) is 20.1. The van der Waals surface area contributed by atoms with Gasteiger partial charge >= 0.3 is 0 Å². The highest BCUT2D eigenvalue weighted by Crippen LogP contribution is 2.43. The Morgan fingerprint density at radius 1 is 1.06 bits per heavy atom. The lowest BCUT2D eigenvalue weighted by atomic mass is 9.84. The van der Waals surface area contributed by atoms with Crippen LogP contribution in [0.5, 0.6) is 0 Å². The Kier molecular flexibility index (Phi) is 4.77. The monoisotopic (exact) mass is 419 g/mol. The molecule has 31 heavy (non-hydrogen) atoms. The summed E-state index contributed by atoms with van der Waals surface area (Å²) in [5.41, 5.74) is 2.89. The van der Waals surface area contributed by atoms with Gasteiger partial charge in [-0.1, -0.05) is 42.0 Å². The van der Waals surface area contributed by atoms with E-state index in [1.807, 2.05) is 48.2 Å². The summed E-state index contributed by atoms with van der Waals surface area (Å²) in [5.74, 6) is -0.0414. The summed E-state index contributed by atoms with van der Waals surface area (Å²) in [7, 11) is 0. The van der Waals surface area contributed by atoms with Crippen molar-refractivity contribution in [3.63, 3.8) is 0 Å². The Morgan fingerprint density at radius 3 is 2.52 bits per heavy atom. The number of hydrogen-bond acceptors (Lipinski definition) is 4. The zero-order valence-corrected chi connectivity index (χ0v) is 18.1. The maximum atomic E-state index is 13.1. The summed E-state index contributed by atoms with van der Waals surface area (Å²) in [6.45, 7) is 5.82. The zero-order chi connectivity index (χ0) is 21.6. The van der Waals surface area contributed by atoms with Gasteiger partial charge in [-0.15, -0.1) is 0 Å². The summed E-state index contributed by atoms with van der Waals surface area (Å²) in [6.07, 6.45) is 2.26. The largest absolute Gasteiger partial charge is 0.370 e. The second kappa shape index (κ2) is 7.38. The van der Waals surface area contributed by atoms with Gasteiger partial charge in [-0.25, -0.2) is 0 Å². The number of aryl methyl sites for hydroxylation is 1. The van der Waals surface area contributed by atoms with Crippen LogP contribution in [0.3, 0.4) is 0 Å². The molecule has 2 atom stereocenters. The molecular weight excluding hydrogens is 390 g/mol. The summed E-state index contributed by atoms with van der Waals surface area (Å²) in [5, 5.41) is 6.66. The van der Waals surface area contributed by atoms with Crippen LogP contribution in [0.2, 0.25) is 0 Å². The van der Waals surface area contributed by atoms with Crippen molar-refractivity contribution in [1.29, 1.82) is 0 Å². The van der Waals surface area contributed by atoms with Crippen molar-refractivity contribution in [2.24, 2.45) is 0 Å². The van der Waals surface area contributed by atoms with Gasteiger partial charge in [0.2, 0.25) is 5.91 Å². The van der Waals surface area contributed by atoms with Crippen LogP contribution in [0.15, 0.2) is 48.5 Å². The summed E-state index contributed by atoms with van der Waals surface area (Å²) in [6, 6.07) is 15.8. The Bertz CT molecular complexity index is 1010. The van der Waals surface area contributed by atoms with Gasteiger partial charge in [0.05, 0.1) is 23.7 Å². The van der Waals surface area contributed by atoms with Crippen LogP contribution < -0.4 is 10.6 Å². The van der Waals surface area contributed by atoms with E-state index in [-0.39, 0.29) is 23.3 Å². The fourth-order valence-corrected chi connectivity index (χ4v) is 5.18. The number of carbonyl (C=O) groups is 2. The van der Waals surface area contributed by atoms with Crippen molar-refractivity contribution in [2.45, 2.75) is 50.3 Å². The molecule has 0 radical (unpaired) electrons.